The number of rotatable bonds is 5. The summed E-state index contributed by atoms with van der Waals surface area (Å²) in [6.45, 7) is 2.19. The molecule has 10 aromatic rings. The molecule has 0 aliphatic rings. The number of aryl methyl sites for hydroxylation is 1. The summed E-state index contributed by atoms with van der Waals surface area (Å²) in [6.07, 6.45) is 0.836. The van der Waals surface area contributed by atoms with E-state index in [9.17, 15) is 0 Å². The number of fused-ring (bicyclic) bond motifs is 6. The zero-order chi connectivity index (χ0) is 33.2. The van der Waals surface area contributed by atoms with E-state index >= 15 is 0 Å². The predicted molar refractivity (Wildman–Crippen MR) is 215 cm³/mol. The number of benzene rings is 8. The van der Waals surface area contributed by atoms with E-state index < -0.39 is 0 Å². The highest BCUT2D eigenvalue weighted by molar-refractivity contribution is 7.25. The van der Waals surface area contributed by atoms with E-state index in [4.69, 9.17) is 4.98 Å². The Kier molecular flexibility index (Phi) is 6.68. The van der Waals surface area contributed by atoms with Crippen molar-refractivity contribution in [2.75, 3.05) is 0 Å². The highest BCUT2D eigenvalue weighted by Gasteiger charge is 2.23. The summed E-state index contributed by atoms with van der Waals surface area (Å²) in [7, 11) is 0. The van der Waals surface area contributed by atoms with Gasteiger partial charge in [-0.1, -0.05) is 134 Å². The third-order valence-electron chi connectivity index (χ3n) is 10.2. The van der Waals surface area contributed by atoms with E-state index in [0.29, 0.717) is 0 Å². The first-order chi connectivity index (χ1) is 24.8. The van der Waals surface area contributed by atoms with Gasteiger partial charge in [-0.25, -0.2) is 4.98 Å². The third kappa shape index (κ3) is 4.37. The van der Waals surface area contributed by atoms with Crippen LogP contribution in [0.5, 0.6) is 0 Å². The summed E-state index contributed by atoms with van der Waals surface area (Å²) in [6, 6.07) is 59.9. The van der Waals surface area contributed by atoms with Crippen molar-refractivity contribution < 1.29 is 0 Å². The van der Waals surface area contributed by atoms with Crippen molar-refractivity contribution in [1.29, 1.82) is 0 Å². The van der Waals surface area contributed by atoms with Crippen molar-refractivity contribution in [2.45, 2.75) is 13.3 Å². The summed E-state index contributed by atoms with van der Waals surface area (Å²) < 4.78 is 5.00. The zero-order valence-corrected chi connectivity index (χ0v) is 28.4. The highest BCUT2D eigenvalue weighted by atomic mass is 32.1. The Bertz CT molecular complexity index is 2910. The topological polar surface area (TPSA) is 17.8 Å². The van der Waals surface area contributed by atoms with Crippen LogP contribution in [0.2, 0.25) is 0 Å². The first-order valence-electron chi connectivity index (χ1n) is 17.3. The molecule has 0 atom stereocenters. The molecule has 0 saturated carbocycles. The van der Waals surface area contributed by atoms with Crippen LogP contribution < -0.4 is 0 Å². The molecule has 0 aliphatic carbocycles. The smallest absolute Gasteiger partial charge is 0.114 e. The number of hydrogen-bond donors (Lipinski definition) is 0. The van der Waals surface area contributed by atoms with E-state index in [2.05, 4.69) is 175 Å². The quantitative estimate of drug-likeness (QED) is 0.169. The van der Waals surface area contributed by atoms with Crippen LogP contribution in [0.1, 0.15) is 12.7 Å². The molecule has 0 radical (unpaired) electrons. The van der Waals surface area contributed by atoms with E-state index in [1.807, 2.05) is 11.3 Å². The number of thiophene rings is 1. The lowest BCUT2D eigenvalue weighted by Crippen LogP contribution is -2.03. The molecule has 0 amide bonds. The van der Waals surface area contributed by atoms with Crippen molar-refractivity contribution in [2.24, 2.45) is 0 Å². The molecular formula is C47H32N2S. The lowest BCUT2D eigenvalue weighted by molar-refractivity contribution is 0.909. The summed E-state index contributed by atoms with van der Waals surface area (Å²) in [4.78, 5) is 5.08. The molecule has 0 bridgehead atoms. The van der Waals surface area contributed by atoms with Crippen molar-refractivity contribution in [3.63, 3.8) is 0 Å². The Hall–Kier alpha value is -6.03. The Morgan fingerprint density at radius 2 is 1.14 bits per heavy atom. The molecule has 50 heavy (non-hydrogen) atoms. The molecule has 8 aromatic carbocycles. The van der Waals surface area contributed by atoms with E-state index in [1.54, 1.807) is 0 Å². The van der Waals surface area contributed by atoms with Gasteiger partial charge in [0, 0.05) is 32.2 Å². The Morgan fingerprint density at radius 1 is 0.500 bits per heavy atom. The average molecular weight is 657 g/mol. The maximum absolute atomic E-state index is 5.08. The van der Waals surface area contributed by atoms with E-state index in [-0.39, 0.29) is 0 Å². The molecule has 0 fully saturated rings. The van der Waals surface area contributed by atoms with Gasteiger partial charge in [0.05, 0.1) is 16.7 Å². The van der Waals surface area contributed by atoms with Crippen LogP contribution >= 0.6 is 11.3 Å². The van der Waals surface area contributed by atoms with Crippen LogP contribution in [0.15, 0.2) is 164 Å². The van der Waals surface area contributed by atoms with Gasteiger partial charge in [-0.05, 0) is 85.8 Å². The van der Waals surface area contributed by atoms with Gasteiger partial charge in [0.25, 0.3) is 0 Å². The average Bonchev–Trinajstić information content (AvgIpc) is 3.76. The molecule has 2 aromatic heterocycles. The van der Waals surface area contributed by atoms with Crippen molar-refractivity contribution >= 4 is 64.1 Å². The van der Waals surface area contributed by atoms with Crippen LogP contribution in [0.25, 0.3) is 91.8 Å². The fraction of sp³-hybridized carbons (Fsp3) is 0.0426. The molecule has 0 spiro atoms. The second-order valence-electron chi connectivity index (χ2n) is 12.9. The largest absolute Gasteiger partial charge is 0.296 e. The van der Waals surface area contributed by atoms with Crippen LogP contribution in [0, 0.1) is 0 Å². The number of aromatic nitrogens is 2. The SMILES string of the molecule is CCc1nc2ccccc2n1-c1ccccc1-c1c2ccccc2c(-c2cccc3sc4ccccc4c23)c2cc(-c3ccccc3)ccc12. The van der Waals surface area contributed by atoms with Gasteiger partial charge in [0.15, 0.2) is 0 Å². The standard InChI is InChI=1S/C47H32N2S/c1-2-44-48-39-22-10-12-24-41(39)49(44)40-23-11-8-19-35(40)45-32-17-6-7-18-33(32)46(38-29-31(27-28-34(38)45)30-15-4-3-5-16-30)37-21-14-26-43-47(37)36-20-9-13-25-42(36)50-43/h3-29H,2H2,1H3. The Balaban J connectivity index is 1.37. The monoisotopic (exact) mass is 656 g/mol. The summed E-state index contributed by atoms with van der Waals surface area (Å²) in [5, 5.41) is 7.63. The van der Waals surface area contributed by atoms with Crippen LogP contribution in [0.3, 0.4) is 0 Å². The Labute approximate surface area is 294 Å². The molecule has 2 nitrogen and oxygen atoms in total. The van der Waals surface area contributed by atoms with Crippen LogP contribution in [-0.2, 0) is 6.42 Å². The normalized spacial score (nSPS) is 11.8. The summed E-state index contributed by atoms with van der Waals surface area (Å²) in [5.74, 6) is 1.06. The van der Waals surface area contributed by atoms with Crippen molar-refractivity contribution in [3.05, 3.63) is 170 Å². The van der Waals surface area contributed by atoms with Crippen molar-refractivity contribution in [3.8, 4) is 39.1 Å². The first-order valence-corrected chi connectivity index (χ1v) is 18.1. The van der Waals surface area contributed by atoms with Gasteiger partial charge in [0.1, 0.15) is 5.82 Å². The second-order valence-corrected chi connectivity index (χ2v) is 14.0. The summed E-state index contributed by atoms with van der Waals surface area (Å²) in [5.41, 5.74) is 10.7. The minimum atomic E-state index is 0.836. The fourth-order valence-electron chi connectivity index (χ4n) is 8.01. The molecule has 0 N–H and O–H groups in total. The zero-order valence-electron chi connectivity index (χ0n) is 27.6. The Morgan fingerprint density at radius 3 is 1.98 bits per heavy atom. The minimum absolute atomic E-state index is 0.836. The molecule has 2 heterocycles. The number of imidazole rings is 1. The lowest BCUT2D eigenvalue weighted by Gasteiger charge is -2.21. The minimum Gasteiger partial charge on any atom is -0.296 e. The number of para-hydroxylation sites is 3. The van der Waals surface area contributed by atoms with E-state index in [1.165, 1.54) is 75.1 Å². The molecule has 0 saturated heterocycles. The fourth-order valence-corrected chi connectivity index (χ4v) is 9.15. The lowest BCUT2D eigenvalue weighted by atomic mass is 9.83. The number of hydrogen-bond acceptors (Lipinski definition) is 2. The predicted octanol–water partition coefficient (Wildman–Crippen LogP) is 13.3. The molecule has 10 rings (SSSR count). The van der Waals surface area contributed by atoms with Crippen LogP contribution in [-0.4, -0.2) is 9.55 Å². The molecule has 0 unspecified atom stereocenters. The van der Waals surface area contributed by atoms with Crippen molar-refractivity contribution in [1.82, 2.24) is 9.55 Å². The number of nitrogens with zero attached hydrogens (tertiary/aromatic N) is 2. The maximum Gasteiger partial charge on any atom is 0.114 e. The van der Waals surface area contributed by atoms with Gasteiger partial charge in [-0.3, -0.25) is 4.57 Å². The molecule has 236 valence electrons. The van der Waals surface area contributed by atoms with Crippen LogP contribution in [0.4, 0.5) is 0 Å². The molecule has 3 heteroatoms. The first kappa shape index (κ1) is 28.9. The molecular weight excluding hydrogens is 625 g/mol. The second kappa shape index (κ2) is 11.5. The summed E-state index contributed by atoms with van der Waals surface area (Å²) >= 11 is 1.88. The van der Waals surface area contributed by atoms with Gasteiger partial charge in [-0.2, -0.15) is 0 Å². The van der Waals surface area contributed by atoms with Gasteiger partial charge < -0.3 is 0 Å². The van der Waals surface area contributed by atoms with Gasteiger partial charge >= 0.3 is 0 Å². The molecule has 0 aliphatic heterocycles. The van der Waals surface area contributed by atoms with Gasteiger partial charge in [-0.15, -0.1) is 11.3 Å². The maximum atomic E-state index is 5.08. The van der Waals surface area contributed by atoms with E-state index in [0.717, 1.165) is 29.0 Å². The van der Waals surface area contributed by atoms with Gasteiger partial charge in [0.2, 0.25) is 0 Å². The third-order valence-corrected chi connectivity index (χ3v) is 11.3. The highest BCUT2D eigenvalue weighted by Crippen LogP contribution is 2.49.